The molecular formula is C36H56O16Sn2. The van der Waals surface area contributed by atoms with Crippen molar-refractivity contribution in [2.45, 2.75) is 96.8 Å². The van der Waals surface area contributed by atoms with Crippen LogP contribution in [0.5, 0.6) is 0 Å². The summed E-state index contributed by atoms with van der Waals surface area (Å²) >= 11 is 0.299. The van der Waals surface area contributed by atoms with Crippen LogP contribution in [-0.2, 0) is 57.3 Å². The molecule has 0 aliphatic rings. The number of carbonyl (C=O) groups is 8. The quantitative estimate of drug-likeness (QED) is 0.0516. The summed E-state index contributed by atoms with van der Waals surface area (Å²) in [4.78, 5) is 78.9. The normalized spacial score (nSPS) is 9.33. The van der Waals surface area contributed by atoms with Gasteiger partial charge in [-0.3, -0.25) is 0 Å². The van der Waals surface area contributed by atoms with E-state index in [2.05, 4.69) is 46.6 Å². The zero-order valence-electron chi connectivity index (χ0n) is 32.6. The zero-order chi connectivity index (χ0) is 43.0. The first-order valence-corrected chi connectivity index (χ1v) is 24.9. The summed E-state index contributed by atoms with van der Waals surface area (Å²) in [5.74, 6) is -8.50. The molecule has 0 aromatic heterocycles. The molecule has 0 unspecified atom stereocenters. The predicted octanol–water partition coefficient (Wildman–Crippen LogP) is 0.117. The molecule has 0 bridgehead atoms. The number of hydrogen-bond acceptors (Lipinski definition) is 16. The smallest absolute Gasteiger partial charge is 0.330 e. The summed E-state index contributed by atoms with van der Waals surface area (Å²) in [5.41, 5.74) is 0. The molecule has 54 heavy (non-hydrogen) atoms. The second-order valence-electron chi connectivity index (χ2n) is 9.62. The summed E-state index contributed by atoms with van der Waals surface area (Å²) in [5, 5.41) is 38.5. The Hall–Kier alpha value is -3.68. The van der Waals surface area contributed by atoms with Crippen LogP contribution in [0.15, 0.2) is 48.6 Å². The van der Waals surface area contributed by atoms with E-state index in [1.807, 2.05) is 0 Å². The number of methoxy groups -OCH3 is 4. The van der Waals surface area contributed by atoms with Gasteiger partial charge in [0.25, 0.3) is 0 Å². The predicted molar refractivity (Wildman–Crippen MR) is 195 cm³/mol. The van der Waals surface area contributed by atoms with E-state index in [4.69, 9.17) is 0 Å². The Morgan fingerprint density at radius 2 is 0.537 bits per heavy atom. The minimum absolute atomic E-state index is 0.149. The summed E-state index contributed by atoms with van der Waals surface area (Å²) in [6, 6.07) is 0. The average Bonchev–Trinajstić information content (AvgIpc) is 3.15. The molecular weight excluding hydrogens is 926 g/mol. The Balaban J connectivity index is -0.000000128. The molecule has 0 amide bonds. The van der Waals surface area contributed by atoms with E-state index in [9.17, 15) is 58.8 Å². The van der Waals surface area contributed by atoms with Crippen LogP contribution < -0.4 is 20.4 Å². The summed E-state index contributed by atoms with van der Waals surface area (Å²) < 4.78 is 22.8. The molecule has 0 saturated carbocycles. The Morgan fingerprint density at radius 1 is 0.370 bits per heavy atom. The molecule has 0 atom stereocenters. The van der Waals surface area contributed by atoms with Crippen LogP contribution in [-0.4, -0.2) is 118 Å². The topological polar surface area (TPSA) is 266 Å². The average molecular weight is 982 g/mol. The molecule has 0 aromatic rings. The zero-order valence-corrected chi connectivity index (χ0v) is 38.3. The number of carbonyl (C=O) groups excluding carboxylic acids is 8. The Bertz CT molecular complexity index is 946. The standard InChI is InChI=1S/4C5H6O4.4C4H9.2Sn/c4*1-9-5(8)3-2-4(6)7;4*1-3-4-2;;/h4*2-3H,1H3,(H,6,7);4*1,3-4H2,2H3;;/q;;;;;;;;2*+2/p-4/b4*3-2-;;;;;;. The van der Waals surface area contributed by atoms with Crippen LogP contribution in [0.4, 0.5) is 0 Å². The Kier molecular flexibility index (Phi) is 61.9. The molecule has 0 spiro atoms. The van der Waals surface area contributed by atoms with Crippen LogP contribution in [0.25, 0.3) is 0 Å². The molecule has 18 heteroatoms. The molecule has 0 radical (unpaired) electrons. The number of carboxylic acids is 4. The van der Waals surface area contributed by atoms with Crippen LogP contribution in [0.3, 0.4) is 0 Å². The van der Waals surface area contributed by atoms with Crippen molar-refractivity contribution >= 4 is 90.0 Å². The van der Waals surface area contributed by atoms with Crippen LogP contribution in [0.2, 0.25) is 17.7 Å². The maximum absolute atomic E-state index is 10.1. The van der Waals surface area contributed by atoms with Crippen LogP contribution in [0, 0.1) is 0 Å². The third kappa shape index (κ3) is 82.0. The molecule has 0 aliphatic carbocycles. The first-order chi connectivity index (χ1) is 25.5. The molecule has 0 heterocycles. The first kappa shape index (κ1) is 62.3. The van der Waals surface area contributed by atoms with Gasteiger partial charge in [-0.1, -0.05) is 0 Å². The van der Waals surface area contributed by atoms with Gasteiger partial charge in [-0.15, -0.1) is 0 Å². The van der Waals surface area contributed by atoms with E-state index < -0.39 is 47.8 Å². The van der Waals surface area contributed by atoms with Crippen molar-refractivity contribution in [2.24, 2.45) is 0 Å². The fraction of sp³-hybridized carbons (Fsp3) is 0.556. The molecule has 0 fully saturated rings. The Morgan fingerprint density at radius 3 is 0.648 bits per heavy atom. The van der Waals surface area contributed by atoms with Crippen molar-refractivity contribution in [1.29, 1.82) is 0 Å². The molecule has 0 rings (SSSR count). The van der Waals surface area contributed by atoms with Crippen LogP contribution in [0.1, 0.15) is 79.1 Å². The molecule has 0 N–H and O–H groups in total. The summed E-state index contributed by atoms with van der Waals surface area (Å²) in [6.45, 7) is 9.16. The monoisotopic (exact) mass is 984 g/mol. The van der Waals surface area contributed by atoms with Crippen LogP contribution >= 0.6 is 0 Å². The largest absolute Gasteiger partial charge is 0.545 e. The van der Waals surface area contributed by atoms with Gasteiger partial charge >= 0.3 is 163 Å². The van der Waals surface area contributed by atoms with Crippen molar-refractivity contribution in [3.05, 3.63) is 48.6 Å². The van der Waals surface area contributed by atoms with E-state index in [0.717, 1.165) is 52.7 Å². The van der Waals surface area contributed by atoms with Crippen molar-refractivity contribution in [3.8, 4) is 0 Å². The first-order valence-electron chi connectivity index (χ1n) is 16.8. The number of rotatable bonds is 20. The molecule has 0 aliphatic heterocycles. The van der Waals surface area contributed by atoms with E-state index in [0.29, 0.717) is 24.3 Å². The fourth-order valence-electron chi connectivity index (χ4n) is 2.27. The molecule has 0 saturated heterocycles. The van der Waals surface area contributed by atoms with E-state index >= 15 is 0 Å². The number of aliphatic carboxylic acids is 4. The number of carboxylic acid groups (broad SMARTS) is 4. The van der Waals surface area contributed by atoms with E-state index in [1.54, 1.807) is 17.7 Å². The fourth-order valence-corrected chi connectivity index (χ4v) is 10.6. The van der Waals surface area contributed by atoms with Crippen molar-refractivity contribution < 1.29 is 77.7 Å². The number of esters is 4. The number of hydrogen-bond donors (Lipinski definition) is 0. The van der Waals surface area contributed by atoms with Crippen molar-refractivity contribution in [2.75, 3.05) is 28.4 Å². The second-order valence-corrected chi connectivity index (χ2v) is 18.2. The van der Waals surface area contributed by atoms with Gasteiger partial charge in [-0.25, -0.2) is 19.2 Å². The minimum Gasteiger partial charge on any atom is -0.545 e. The van der Waals surface area contributed by atoms with Crippen molar-refractivity contribution in [3.63, 3.8) is 0 Å². The minimum atomic E-state index is -1.42. The maximum atomic E-state index is 10.1. The molecule has 16 nitrogen and oxygen atoms in total. The van der Waals surface area contributed by atoms with Gasteiger partial charge in [-0.2, -0.15) is 0 Å². The van der Waals surface area contributed by atoms with Gasteiger partial charge in [0.05, 0.1) is 52.3 Å². The number of ether oxygens (including phenoxy) is 4. The summed E-state index contributed by atoms with van der Waals surface area (Å²) in [7, 11) is 4.62. The van der Waals surface area contributed by atoms with Gasteiger partial charge < -0.3 is 58.6 Å². The maximum Gasteiger partial charge on any atom is 0.330 e. The van der Waals surface area contributed by atoms with E-state index in [1.165, 1.54) is 51.4 Å². The van der Waals surface area contributed by atoms with Gasteiger partial charge in [0, 0.05) is 24.3 Å². The van der Waals surface area contributed by atoms with Gasteiger partial charge in [0.1, 0.15) is 0 Å². The number of unbranched alkanes of at least 4 members (excludes halogenated alkanes) is 4. The van der Waals surface area contributed by atoms with E-state index in [-0.39, 0.29) is 42.3 Å². The van der Waals surface area contributed by atoms with Gasteiger partial charge in [-0.05, 0) is 24.3 Å². The SMILES string of the molecule is CCC[CH2][Sn+2][CH2]CCC.CCC[CH2][Sn+2][CH2]CCC.COC(=O)/C=C\C(=O)[O-].COC(=O)/C=C\C(=O)[O-].COC(=O)/C=C\C(=O)[O-].COC(=O)/C=C\C(=O)[O-]. The molecule has 304 valence electrons. The Labute approximate surface area is 339 Å². The van der Waals surface area contributed by atoms with Gasteiger partial charge in [0.2, 0.25) is 0 Å². The molecule has 0 aromatic carbocycles. The second kappa shape index (κ2) is 53.7. The third-order valence-corrected chi connectivity index (χ3v) is 13.1. The third-order valence-electron chi connectivity index (χ3n) is 5.06. The van der Waals surface area contributed by atoms with Crippen molar-refractivity contribution in [1.82, 2.24) is 0 Å². The summed E-state index contributed by atoms with van der Waals surface area (Å²) in [6.07, 6.45) is 17.2. The van der Waals surface area contributed by atoms with Gasteiger partial charge in [0.15, 0.2) is 0 Å².